The van der Waals surface area contributed by atoms with Crippen LogP contribution < -0.4 is 5.56 Å². The lowest BCUT2D eigenvalue weighted by atomic mass is 9.99. The van der Waals surface area contributed by atoms with Crippen molar-refractivity contribution in [2.45, 2.75) is 12.3 Å². The van der Waals surface area contributed by atoms with Crippen LogP contribution in [-0.4, -0.2) is 44.2 Å². The number of pyridine rings is 1. The molecule has 0 atom stereocenters. The number of likely N-dealkylation sites (tertiary alicyclic amines) is 1. The van der Waals surface area contributed by atoms with Crippen molar-refractivity contribution >= 4 is 16.9 Å². The number of fused-ring (bicyclic) bond motifs is 1. The van der Waals surface area contributed by atoms with E-state index in [0.717, 1.165) is 5.39 Å². The van der Waals surface area contributed by atoms with Gasteiger partial charge in [-0.2, -0.15) is 4.98 Å². The van der Waals surface area contributed by atoms with Gasteiger partial charge in [-0.1, -0.05) is 22.4 Å². The third-order valence-electron chi connectivity index (χ3n) is 4.86. The van der Waals surface area contributed by atoms with Crippen LogP contribution in [0.15, 0.2) is 56.4 Å². The van der Waals surface area contributed by atoms with E-state index in [1.807, 2.05) is 24.3 Å². The van der Waals surface area contributed by atoms with E-state index < -0.39 is 0 Å². The van der Waals surface area contributed by atoms with Gasteiger partial charge in [-0.3, -0.25) is 9.59 Å². The fourth-order valence-corrected chi connectivity index (χ4v) is 3.27. The Balaban J connectivity index is 1.25. The average molecular weight is 377 g/mol. The average Bonchev–Trinajstić information content (AvgIpc) is 3.29. The molecule has 3 aromatic heterocycles. The number of carbonyl (C=O) groups is 1. The molecular weight excluding hydrogens is 362 g/mol. The van der Waals surface area contributed by atoms with Crippen molar-refractivity contribution in [1.82, 2.24) is 25.2 Å². The molecule has 5 rings (SSSR count). The van der Waals surface area contributed by atoms with Crippen LogP contribution in [0.4, 0.5) is 0 Å². The number of H-pyrrole nitrogens is 1. The highest BCUT2D eigenvalue weighted by atomic mass is 16.5. The molecule has 9 heteroatoms. The number of rotatable bonds is 4. The number of carbonyl (C=O) groups excluding carboxylic acids is 1. The lowest BCUT2D eigenvalue weighted by Gasteiger charge is -2.37. The summed E-state index contributed by atoms with van der Waals surface area (Å²) >= 11 is 0. The summed E-state index contributed by atoms with van der Waals surface area (Å²) in [7, 11) is 0. The van der Waals surface area contributed by atoms with Crippen molar-refractivity contribution in [3.05, 3.63) is 64.5 Å². The standard InChI is InChI=1S/C19H15N5O4/c25-16(8-14-12-4-1-2-6-15(12)27-22-14)24-9-11(10-24)19-21-17(23-28-19)13-5-3-7-20-18(13)26/h1-7,11H,8-10H2,(H,20,26). The number of nitrogens with one attached hydrogen (secondary N) is 1. The van der Waals surface area contributed by atoms with Crippen LogP contribution in [0.3, 0.4) is 0 Å². The number of nitrogens with zero attached hydrogens (tertiary/aromatic N) is 4. The lowest BCUT2D eigenvalue weighted by molar-refractivity contribution is -0.135. The van der Waals surface area contributed by atoms with Crippen molar-refractivity contribution in [3.63, 3.8) is 0 Å². The van der Waals surface area contributed by atoms with Gasteiger partial charge in [0.2, 0.25) is 17.6 Å². The highest BCUT2D eigenvalue weighted by Gasteiger charge is 2.36. The molecule has 1 fully saturated rings. The van der Waals surface area contributed by atoms with Gasteiger partial charge >= 0.3 is 0 Å². The minimum Gasteiger partial charge on any atom is -0.356 e. The summed E-state index contributed by atoms with van der Waals surface area (Å²) in [5, 5.41) is 8.74. The third-order valence-corrected chi connectivity index (χ3v) is 4.86. The van der Waals surface area contributed by atoms with E-state index in [1.165, 1.54) is 0 Å². The molecule has 1 aliphatic heterocycles. The molecule has 1 aliphatic rings. The van der Waals surface area contributed by atoms with E-state index in [1.54, 1.807) is 23.2 Å². The van der Waals surface area contributed by atoms with Crippen LogP contribution in [0.5, 0.6) is 0 Å². The molecule has 1 amide bonds. The normalized spacial score (nSPS) is 14.4. The monoisotopic (exact) mass is 377 g/mol. The highest BCUT2D eigenvalue weighted by Crippen LogP contribution is 2.28. The number of hydrogen-bond acceptors (Lipinski definition) is 7. The molecule has 1 N–H and O–H groups in total. The second-order valence-corrected chi connectivity index (χ2v) is 6.67. The zero-order valence-corrected chi connectivity index (χ0v) is 14.7. The molecule has 1 aromatic carbocycles. The number of para-hydroxylation sites is 1. The Labute approximate surface area is 157 Å². The minimum atomic E-state index is -0.278. The first-order chi connectivity index (χ1) is 13.7. The van der Waals surface area contributed by atoms with Gasteiger partial charge in [0, 0.05) is 24.7 Å². The van der Waals surface area contributed by atoms with Gasteiger partial charge in [0.1, 0.15) is 5.69 Å². The van der Waals surface area contributed by atoms with E-state index >= 15 is 0 Å². The van der Waals surface area contributed by atoms with Crippen molar-refractivity contribution in [3.8, 4) is 11.4 Å². The summed E-state index contributed by atoms with van der Waals surface area (Å²) in [6.07, 6.45) is 1.72. The summed E-state index contributed by atoms with van der Waals surface area (Å²) < 4.78 is 10.5. The van der Waals surface area contributed by atoms with E-state index in [9.17, 15) is 9.59 Å². The van der Waals surface area contributed by atoms with E-state index in [-0.39, 0.29) is 29.6 Å². The van der Waals surface area contributed by atoms with Gasteiger partial charge in [-0.15, -0.1) is 0 Å². The van der Waals surface area contributed by atoms with Crippen LogP contribution in [-0.2, 0) is 11.2 Å². The fourth-order valence-electron chi connectivity index (χ4n) is 3.27. The number of amides is 1. The Hall–Kier alpha value is -3.75. The van der Waals surface area contributed by atoms with E-state index in [0.29, 0.717) is 35.8 Å². The minimum absolute atomic E-state index is 0.0328. The Morgan fingerprint density at radius 1 is 1.14 bits per heavy atom. The third kappa shape index (κ3) is 2.77. The quantitative estimate of drug-likeness (QED) is 0.575. The summed E-state index contributed by atoms with van der Waals surface area (Å²) in [6, 6.07) is 10.8. The smallest absolute Gasteiger partial charge is 0.259 e. The molecule has 9 nitrogen and oxygen atoms in total. The summed E-state index contributed by atoms with van der Waals surface area (Å²) in [5.74, 6) is 0.599. The zero-order valence-electron chi connectivity index (χ0n) is 14.7. The van der Waals surface area contributed by atoms with Gasteiger partial charge in [-0.25, -0.2) is 0 Å². The van der Waals surface area contributed by atoms with Crippen LogP contribution in [0.1, 0.15) is 17.5 Å². The maximum atomic E-state index is 12.5. The molecule has 28 heavy (non-hydrogen) atoms. The Bertz CT molecular complexity index is 1220. The molecule has 4 heterocycles. The number of benzene rings is 1. The summed E-state index contributed by atoms with van der Waals surface area (Å²) in [5.41, 5.74) is 1.37. The molecule has 0 bridgehead atoms. The van der Waals surface area contributed by atoms with Crippen LogP contribution in [0.2, 0.25) is 0 Å². The van der Waals surface area contributed by atoms with Crippen LogP contribution >= 0.6 is 0 Å². The number of aromatic nitrogens is 4. The maximum Gasteiger partial charge on any atom is 0.259 e. The first-order valence-electron chi connectivity index (χ1n) is 8.82. The molecule has 0 spiro atoms. The zero-order chi connectivity index (χ0) is 19.1. The first-order valence-corrected chi connectivity index (χ1v) is 8.82. The van der Waals surface area contributed by atoms with Gasteiger partial charge in [0.05, 0.1) is 17.9 Å². The molecule has 0 unspecified atom stereocenters. The summed E-state index contributed by atoms with van der Waals surface area (Å²) in [4.78, 5) is 32.9. The van der Waals surface area contributed by atoms with Gasteiger partial charge in [-0.05, 0) is 24.3 Å². The lowest BCUT2D eigenvalue weighted by Crippen LogP contribution is -2.49. The molecule has 140 valence electrons. The summed E-state index contributed by atoms with van der Waals surface area (Å²) in [6.45, 7) is 0.975. The molecule has 0 radical (unpaired) electrons. The first kappa shape index (κ1) is 16.4. The predicted molar refractivity (Wildman–Crippen MR) is 97.4 cm³/mol. The van der Waals surface area contributed by atoms with Crippen molar-refractivity contribution in [1.29, 1.82) is 0 Å². The second-order valence-electron chi connectivity index (χ2n) is 6.67. The van der Waals surface area contributed by atoms with Gasteiger partial charge < -0.3 is 18.9 Å². The van der Waals surface area contributed by atoms with Gasteiger partial charge in [0.25, 0.3) is 5.56 Å². The topological polar surface area (TPSA) is 118 Å². The number of hydrogen-bond donors (Lipinski definition) is 1. The van der Waals surface area contributed by atoms with Crippen molar-refractivity contribution in [2.75, 3.05) is 13.1 Å². The van der Waals surface area contributed by atoms with E-state index in [4.69, 9.17) is 9.05 Å². The Morgan fingerprint density at radius 2 is 2.00 bits per heavy atom. The maximum absolute atomic E-state index is 12.5. The van der Waals surface area contributed by atoms with Crippen molar-refractivity contribution < 1.29 is 13.8 Å². The Kier molecular flexibility index (Phi) is 3.78. The highest BCUT2D eigenvalue weighted by molar-refractivity contribution is 5.86. The Morgan fingerprint density at radius 3 is 2.86 bits per heavy atom. The van der Waals surface area contributed by atoms with Gasteiger partial charge in [0.15, 0.2) is 5.58 Å². The second kappa shape index (κ2) is 6.45. The fraction of sp³-hybridized carbons (Fsp3) is 0.211. The molecular formula is C19H15N5O4. The number of aromatic amines is 1. The molecule has 1 saturated heterocycles. The van der Waals surface area contributed by atoms with Crippen LogP contribution in [0.25, 0.3) is 22.4 Å². The van der Waals surface area contributed by atoms with Crippen LogP contribution in [0, 0.1) is 0 Å². The molecule has 4 aromatic rings. The molecule has 0 aliphatic carbocycles. The largest absolute Gasteiger partial charge is 0.356 e. The van der Waals surface area contributed by atoms with Crippen molar-refractivity contribution in [2.24, 2.45) is 0 Å². The van der Waals surface area contributed by atoms with E-state index in [2.05, 4.69) is 20.3 Å². The molecule has 0 saturated carbocycles. The predicted octanol–water partition coefficient (Wildman–Crippen LogP) is 1.73. The SMILES string of the molecule is O=C(Cc1noc2ccccc12)N1CC(c2nc(-c3ccc[nH]c3=O)no2)C1.